The predicted molar refractivity (Wildman–Crippen MR) is 85.8 cm³/mol. The molecule has 2 N–H and O–H groups in total. The Kier molecular flexibility index (Phi) is 5.49. The summed E-state index contributed by atoms with van der Waals surface area (Å²) in [5.74, 6) is 2.39. The molecule has 3 nitrogen and oxygen atoms in total. The van der Waals surface area contributed by atoms with Crippen LogP contribution >= 0.6 is 11.8 Å². The summed E-state index contributed by atoms with van der Waals surface area (Å²) in [5.41, 5.74) is 1.51. The lowest BCUT2D eigenvalue weighted by atomic mass is 9.88. The quantitative estimate of drug-likeness (QED) is 0.876. The number of nitrogens with one attached hydrogen (secondary N) is 2. The van der Waals surface area contributed by atoms with Crippen molar-refractivity contribution in [1.29, 1.82) is 0 Å². The summed E-state index contributed by atoms with van der Waals surface area (Å²) in [6.45, 7) is 5.60. The van der Waals surface area contributed by atoms with Crippen LogP contribution in [0, 0.1) is 5.41 Å². The molecule has 1 fully saturated rings. The second-order valence-corrected chi connectivity index (χ2v) is 7.25. The molecule has 20 heavy (non-hydrogen) atoms. The van der Waals surface area contributed by atoms with Crippen molar-refractivity contribution in [3.8, 4) is 0 Å². The van der Waals surface area contributed by atoms with E-state index in [1.807, 2.05) is 42.1 Å². The van der Waals surface area contributed by atoms with Crippen LogP contribution in [0.25, 0.3) is 0 Å². The van der Waals surface area contributed by atoms with Gasteiger partial charge in [0.2, 0.25) is 5.91 Å². The highest BCUT2D eigenvalue weighted by molar-refractivity contribution is 7.99. The highest BCUT2D eigenvalue weighted by atomic mass is 32.2. The Balaban J connectivity index is 1.67. The van der Waals surface area contributed by atoms with E-state index in [4.69, 9.17) is 0 Å². The van der Waals surface area contributed by atoms with Gasteiger partial charge in [0.25, 0.3) is 0 Å². The monoisotopic (exact) mass is 292 g/mol. The van der Waals surface area contributed by atoms with Gasteiger partial charge in [0.15, 0.2) is 0 Å². The number of carbonyl (C=O) groups excluding carboxylic acids is 1. The molecule has 110 valence electrons. The second kappa shape index (κ2) is 7.14. The van der Waals surface area contributed by atoms with Crippen molar-refractivity contribution in [2.45, 2.75) is 32.9 Å². The molecule has 1 unspecified atom stereocenters. The van der Waals surface area contributed by atoms with Crippen molar-refractivity contribution in [3.05, 3.63) is 35.9 Å². The average molecular weight is 292 g/mol. The number of hydrogen-bond acceptors (Lipinski definition) is 3. The zero-order valence-corrected chi connectivity index (χ0v) is 13.1. The van der Waals surface area contributed by atoms with Gasteiger partial charge in [-0.3, -0.25) is 4.79 Å². The van der Waals surface area contributed by atoms with Crippen LogP contribution in [0.1, 0.15) is 25.8 Å². The highest BCUT2D eigenvalue weighted by Gasteiger charge is 2.28. The molecule has 1 aromatic rings. The van der Waals surface area contributed by atoms with Gasteiger partial charge in [-0.15, -0.1) is 0 Å². The zero-order valence-electron chi connectivity index (χ0n) is 12.3. The molecule has 0 radical (unpaired) electrons. The Morgan fingerprint density at radius 1 is 1.35 bits per heavy atom. The molecule has 0 bridgehead atoms. The van der Waals surface area contributed by atoms with Gasteiger partial charge in [-0.25, -0.2) is 0 Å². The molecule has 1 aromatic carbocycles. The van der Waals surface area contributed by atoms with Crippen molar-refractivity contribution in [2.24, 2.45) is 5.41 Å². The van der Waals surface area contributed by atoms with Crippen LogP contribution in [-0.2, 0) is 11.3 Å². The SMILES string of the molecule is CC1(C)CSCC(NCC(=O)NCc2ccccc2)C1. The topological polar surface area (TPSA) is 41.1 Å². The minimum Gasteiger partial charge on any atom is -0.351 e. The van der Waals surface area contributed by atoms with Crippen LogP contribution in [0.15, 0.2) is 30.3 Å². The fraction of sp³-hybridized carbons (Fsp3) is 0.562. The number of carbonyl (C=O) groups is 1. The molecule has 1 amide bonds. The number of amides is 1. The van der Waals surface area contributed by atoms with Gasteiger partial charge in [-0.1, -0.05) is 44.2 Å². The minimum absolute atomic E-state index is 0.0715. The third-order valence-corrected chi connectivity index (χ3v) is 5.12. The van der Waals surface area contributed by atoms with Crippen LogP contribution in [-0.4, -0.2) is 30.0 Å². The lowest BCUT2D eigenvalue weighted by Crippen LogP contribution is -2.44. The maximum Gasteiger partial charge on any atom is 0.234 e. The summed E-state index contributed by atoms with van der Waals surface area (Å²) >= 11 is 1.98. The van der Waals surface area contributed by atoms with Crippen LogP contribution in [0.4, 0.5) is 0 Å². The molecule has 0 saturated carbocycles. The standard InChI is InChI=1S/C16H24N2OS/c1-16(2)8-14(11-20-12-16)17-10-15(19)18-9-13-6-4-3-5-7-13/h3-7,14,17H,8-12H2,1-2H3,(H,18,19). The number of benzene rings is 1. The van der Waals surface area contributed by atoms with Gasteiger partial charge in [0.05, 0.1) is 6.54 Å². The van der Waals surface area contributed by atoms with E-state index < -0.39 is 0 Å². The maximum absolute atomic E-state index is 11.8. The molecule has 1 atom stereocenters. The molecule has 1 saturated heterocycles. The Morgan fingerprint density at radius 3 is 2.80 bits per heavy atom. The minimum atomic E-state index is 0.0715. The van der Waals surface area contributed by atoms with E-state index in [1.165, 1.54) is 5.75 Å². The van der Waals surface area contributed by atoms with Crippen LogP contribution in [0.3, 0.4) is 0 Å². The largest absolute Gasteiger partial charge is 0.351 e. The molecule has 4 heteroatoms. The Hall–Kier alpha value is -1.00. The Bertz CT molecular complexity index is 433. The molecule has 1 aliphatic rings. The Labute approximate surface area is 125 Å². The molecule has 0 aliphatic carbocycles. The van der Waals surface area contributed by atoms with E-state index in [0.29, 0.717) is 24.5 Å². The first-order valence-corrected chi connectivity index (χ1v) is 8.32. The number of thioether (sulfide) groups is 1. The van der Waals surface area contributed by atoms with E-state index in [2.05, 4.69) is 24.5 Å². The first-order chi connectivity index (χ1) is 9.55. The predicted octanol–water partition coefficient (Wildman–Crippen LogP) is 2.42. The van der Waals surface area contributed by atoms with E-state index in [1.54, 1.807) is 0 Å². The molecule has 1 heterocycles. The lowest BCUT2D eigenvalue weighted by molar-refractivity contribution is -0.120. The van der Waals surface area contributed by atoms with Crippen LogP contribution in [0.2, 0.25) is 0 Å². The summed E-state index contributed by atoms with van der Waals surface area (Å²) in [6.07, 6.45) is 1.14. The summed E-state index contributed by atoms with van der Waals surface area (Å²) < 4.78 is 0. The molecular weight excluding hydrogens is 268 g/mol. The molecular formula is C16H24N2OS. The molecule has 2 rings (SSSR count). The third-order valence-electron chi connectivity index (χ3n) is 3.49. The van der Waals surface area contributed by atoms with Crippen molar-refractivity contribution in [1.82, 2.24) is 10.6 Å². The average Bonchev–Trinajstić information content (AvgIpc) is 2.43. The van der Waals surface area contributed by atoms with Crippen LogP contribution in [0.5, 0.6) is 0 Å². The molecule has 1 aliphatic heterocycles. The van der Waals surface area contributed by atoms with Gasteiger partial charge in [0.1, 0.15) is 0 Å². The van der Waals surface area contributed by atoms with E-state index in [0.717, 1.165) is 17.7 Å². The maximum atomic E-state index is 11.8. The summed E-state index contributed by atoms with van der Waals surface area (Å²) in [4.78, 5) is 11.8. The fourth-order valence-electron chi connectivity index (χ4n) is 2.49. The molecule has 0 aromatic heterocycles. The summed E-state index contributed by atoms with van der Waals surface area (Å²) in [7, 11) is 0. The van der Waals surface area contributed by atoms with Gasteiger partial charge in [-0.2, -0.15) is 11.8 Å². The summed E-state index contributed by atoms with van der Waals surface area (Å²) in [5, 5.41) is 6.33. The highest BCUT2D eigenvalue weighted by Crippen LogP contribution is 2.33. The van der Waals surface area contributed by atoms with Gasteiger partial charge in [0, 0.05) is 18.3 Å². The van der Waals surface area contributed by atoms with E-state index in [-0.39, 0.29) is 5.91 Å². The van der Waals surface area contributed by atoms with Crippen molar-refractivity contribution in [2.75, 3.05) is 18.1 Å². The summed E-state index contributed by atoms with van der Waals surface area (Å²) in [6, 6.07) is 10.4. The lowest BCUT2D eigenvalue weighted by Gasteiger charge is -2.35. The first-order valence-electron chi connectivity index (χ1n) is 7.17. The van der Waals surface area contributed by atoms with E-state index in [9.17, 15) is 4.79 Å². The number of hydrogen-bond donors (Lipinski definition) is 2. The Morgan fingerprint density at radius 2 is 2.10 bits per heavy atom. The number of rotatable bonds is 5. The zero-order chi connectivity index (χ0) is 14.4. The van der Waals surface area contributed by atoms with Gasteiger partial charge in [-0.05, 0) is 23.2 Å². The van der Waals surface area contributed by atoms with Gasteiger partial charge < -0.3 is 10.6 Å². The smallest absolute Gasteiger partial charge is 0.234 e. The van der Waals surface area contributed by atoms with Crippen molar-refractivity contribution in [3.63, 3.8) is 0 Å². The molecule has 0 spiro atoms. The second-order valence-electron chi connectivity index (χ2n) is 6.22. The normalized spacial score (nSPS) is 21.4. The van der Waals surface area contributed by atoms with Crippen molar-refractivity contribution >= 4 is 17.7 Å². The van der Waals surface area contributed by atoms with Gasteiger partial charge >= 0.3 is 0 Å². The van der Waals surface area contributed by atoms with Crippen LogP contribution < -0.4 is 10.6 Å². The third kappa shape index (κ3) is 5.17. The van der Waals surface area contributed by atoms with Crippen molar-refractivity contribution < 1.29 is 4.79 Å². The van der Waals surface area contributed by atoms with E-state index >= 15 is 0 Å². The first kappa shape index (κ1) is 15.4. The fourth-order valence-corrected chi connectivity index (χ4v) is 3.80.